The maximum Gasteiger partial charge on any atom is 0.439 e. The van der Waals surface area contributed by atoms with E-state index in [0.717, 1.165) is 41.2 Å². The number of hydrogen-bond acceptors (Lipinski definition) is 5. The first-order chi connectivity index (χ1) is 11.6. The molecule has 0 radical (unpaired) electrons. The molecule has 2 aromatic rings. The maximum absolute atomic E-state index is 12.3. The molecule has 2 fully saturated rings. The van der Waals surface area contributed by atoms with Crippen LogP contribution in [0.1, 0.15) is 43.6 Å². The van der Waals surface area contributed by atoms with Gasteiger partial charge >= 0.3 is 5.76 Å². The second-order valence-corrected chi connectivity index (χ2v) is 6.38. The summed E-state index contributed by atoms with van der Waals surface area (Å²) in [4.78, 5) is 36.5. The van der Waals surface area contributed by atoms with E-state index in [1.165, 1.54) is 0 Å². The number of rotatable bonds is 2. The lowest BCUT2D eigenvalue weighted by Gasteiger charge is -2.25. The van der Waals surface area contributed by atoms with E-state index < -0.39 is 5.76 Å². The van der Waals surface area contributed by atoms with Crippen LogP contribution in [0.15, 0.2) is 27.4 Å². The van der Waals surface area contributed by atoms with Gasteiger partial charge in [-0.2, -0.15) is 9.69 Å². The minimum atomic E-state index is -0.698. The van der Waals surface area contributed by atoms with Crippen molar-refractivity contribution in [2.75, 3.05) is 18.1 Å². The standard InChI is InChI=1S/C17H19N3O4/c21-15-2-1-3-16(22)20(15)19-13-5-4-12(10-14(13)24-17(19)23)11-6-8-18-9-7-11/h4-5,10-11,18H,1-3,6-9H2. The smallest absolute Gasteiger partial charge is 0.406 e. The van der Waals surface area contributed by atoms with Gasteiger partial charge in [-0.05, 0) is 56.0 Å². The number of piperidine rings is 2. The van der Waals surface area contributed by atoms with Crippen LogP contribution in [-0.2, 0) is 9.59 Å². The summed E-state index contributed by atoms with van der Waals surface area (Å²) in [7, 11) is 0. The van der Waals surface area contributed by atoms with Crippen molar-refractivity contribution in [1.82, 2.24) is 9.99 Å². The van der Waals surface area contributed by atoms with Crippen LogP contribution in [-0.4, -0.2) is 29.6 Å². The second kappa shape index (κ2) is 5.90. The number of amides is 2. The van der Waals surface area contributed by atoms with E-state index in [9.17, 15) is 14.4 Å². The number of imide groups is 1. The molecule has 3 heterocycles. The number of carbonyl (C=O) groups is 2. The number of aromatic nitrogens is 1. The van der Waals surface area contributed by atoms with E-state index in [2.05, 4.69) is 5.32 Å². The predicted octanol–water partition coefficient (Wildman–Crippen LogP) is 1.24. The van der Waals surface area contributed by atoms with Crippen molar-refractivity contribution in [1.29, 1.82) is 0 Å². The number of nitrogens with zero attached hydrogens (tertiary/aromatic N) is 2. The molecule has 126 valence electrons. The second-order valence-electron chi connectivity index (χ2n) is 6.38. The lowest BCUT2D eigenvalue weighted by atomic mass is 9.90. The SMILES string of the molecule is O=C1CCCC(=O)N1n1c(=O)oc2cc(C3CCNCC3)ccc21. The molecule has 0 atom stereocenters. The Morgan fingerprint density at radius 3 is 2.46 bits per heavy atom. The Balaban J connectivity index is 1.77. The van der Waals surface area contributed by atoms with E-state index in [1.54, 1.807) is 6.07 Å². The Bertz CT molecular complexity index is 844. The third-order valence-corrected chi connectivity index (χ3v) is 4.85. The lowest BCUT2D eigenvalue weighted by molar-refractivity contribution is -0.131. The zero-order valence-electron chi connectivity index (χ0n) is 13.3. The molecule has 7 heteroatoms. The quantitative estimate of drug-likeness (QED) is 0.838. The summed E-state index contributed by atoms with van der Waals surface area (Å²) >= 11 is 0. The topological polar surface area (TPSA) is 84.6 Å². The predicted molar refractivity (Wildman–Crippen MR) is 87.4 cm³/mol. The van der Waals surface area contributed by atoms with Crippen molar-refractivity contribution in [2.45, 2.75) is 38.0 Å². The van der Waals surface area contributed by atoms with Crippen molar-refractivity contribution >= 4 is 22.9 Å². The van der Waals surface area contributed by atoms with Gasteiger partial charge in [-0.25, -0.2) is 4.79 Å². The number of benzene rings is 1. The first kappa shape index (κ1) is 15.1. The highest BCUT2D eigenvalue weighted by atomic mass is 16.4. The van der Waals surface area contributed by atoms with Crippen LogP contribution < -0.4 is 16.1 Å². The highest BCUT2D eigenvalue weighted by molar-refractivity contribution is 6.10. The third kappa shape index (κ3) is 2.45. The maximum atomic E-state index is 12.3. The number of fused-ring (bicyclic) bond motifs is 1. The summed E-state index contributed by atoms with van der Waals surface area (Å²) in [5, 5.41) is 4.26. The first-order valence-corrected chi connectivity index (χ1v) is 8.37. The van der Waals surface area contributed by atoms with E-state index in [1.807, 2.05) is 12.1 Å². The molecular weight excluding hydrogens is 310 g/mol. The van der Waals surface area contributed by atoms with Crippen molar-refractivity contribution in [2.24, 2.45) is 0 Å². The summed E-state index contributed by atoms with van der Waals surface area (Å²) in [5.41, 5.74) is 2.00. The number of oxazole rings is 1. The average molecular weight is 329 g/mol. The Morgan fingerprint density at radius 2 is 1.75 bits per heavy atom. The lowest BCUT2D eigenvalue weighted by Crippen LogP contribution is -2.51. The number of nitrogens with one attached hydrogen (secondary N) is 1. The van der Waals surface area contributed by atoms with Crippen LogP contribution in [0.4, 0.5) is 0 Å². The summed E-state index contributed by atoms with van der Waals surface area (Å²) < 4.78 is 6.40. The van der Waals surface area contributed by atoms with Gasteiger partial charge in [-0.1, -0.05) is 6.07 Å². The molecule has 7 nitrogen and oxygen atoms in total. The molecule has 2 saturated heterocycles. The fourth-order valence-electron chi connectivity index (χ4n) is 3.59. The first-order valence-electron chi connectivity index (χ1n) is 8.37. The molecule has 0 aliphatic carbocycles. The van der Waals surface area contributed by atoms with Crippen LogP contribution in [0.3, 0.4) is 0 Å². The zero-order chi connectivity index (χ0) is 16.7. The van der Waals surface area contributed by atoms with E-state index >= 15 is 0 Å². The minimum absolute atomic E-state index is 0.262. The molecule has 2 amide bonds. The zero-order valence-corrected chi connectivity index (χ0v) is 13.3. The van der Waals surface area contributed by atoms with Crippen molar-refractivity contribution < 1.29 is 14.0 Å². The van der Waals surface area contributed by atoms with Crippen molar-refractivity contribution in [3.8, 4) is 0 Å². The average Bonchev–Trinajstić information content (AvgIpc) is 2.91. The minimum Gasteiger partial charge on any atom is -0.406 e. The summed E-state index contributed by atoms with van der Waals surface area (Å²) in [6.45, 7) is 1.95. The van der Waals surface area contributed by atoms with Gasteiger partial charge in [0.25, 0.3) is 0 Å². The Hall–Kier alpha value is -2.41. The highest BCUT2D eigenvalue weighted by Crippen LogP contribution is 2.28. The van der Waals surface area contributed by atoms with Gasteiger partial charge in [0, 0.05) is 12.8 Å². The van der Waals surface area contributed by atoms with Crippen LogP contribution in [0.2, 0.25) is 0 Å². The molecule has 2 aliphatic heterocycles. The van der Waals surface area contributed by atoms with Gasteiger partial charge in [-0.3, -0.25) is 9.59 Å². The Kier molecular flexibility index (Phi) is 3.72. The summed E-state index contributed by atoms with van der Waals surface area (Å²) in [6.07, 6.45) is 3.13. The Morgan fingerprint density at radius 1 is 1.04 bits per heavy atom. The van der Waals surface area contributed by atoms with Crippen LogP contribution >= 0.6 is 0 Å². The number of carbonyl (C=O) groups excluding carboxylic acids is 2. The molecule has 4 rings (SSSR count). The van der Waals surface area contributed by atoms with E-state index in [0.29, 0.717) is 23.4 Å². The molecule has 0 spiro atoms. The van der Waals surface area contributed by atoms with Crippen molar-refractivity contribution in [3.63, 3.8) is 0 Å². The molecule has 2 aliphatic rings. The molecular formula is C17H19N3O4. The van der Waals surface area contributed by atoms with Gasteiger partial charge in [0.05, 0.1) is 0 Å². The molecule has 0 bridgehead atoms. The van der Waals surface area contributed by atoms with Gasteiger partial charge < -0.3 is 9.73 Å². The molecule has 1 aromatic heterocycles. The largest absolute Gasteiger partial charge is 0.439 e. The summed E-state index contributed by atoms with van der Waals surface area (Å²) in [6, 6.07) is 5.59. The summed E-state index contributed by atoms with van der Waals surface area (Å²) in [5.74, 6) is -0.990. The third-order valence-electron chi connectivity index (χ3n) is 4.85. The van der Waals surface area contributed by atoms with Gasteiger partial charge in [-0.15, -0.1) is 0 Å². The molecule has 0 unspecified atom stereocenters. The van der Waals surface area contributed by atoms with Crippen molar-refractivity contribution in [3.05, 3.63) is 34.3 Å². The van der Waals surface area contributed by atoms with E-state index in [4.69, 9.17) is 4.42 Å². The molecule has 1 N–H and O–H groups in total. The van der Waals surface area contributed by atoms with E-state index in [-0.39, 0.29) is 24.7 Å². The molecule has 1 aromatic carbocycles. The highest BCUT2D eigenvalue weighted by Gasteiger charge is 2.31. The fourth-order valence-corrected chi connectivity index (χ4v) is 3.59. The van der Waals surface area contributed by atoms with Crippen LogP contribution in [0.25, 0.3) is 11.1 Å². The monoisotopic (exact) mass is 329 g/mol. The number of hydrogen-bond donors (Lipinski definition) is 1. The molecule has 24 heavy (non-hydrogen) atoms. The fraction of sp³-hybridized carbons (Fsp3) is 0.471. The van der Waals surface area contributed by atoms with Crippen LogP contribution in [0.5, 0.6) is 0 Å². The molecule has 0 saturated carbocycles. The van der Waals surface area contributed by atoms with Gasteiger partial charge in [0.2, 0.25) is 11.8 Å². The van der Waals surface area contributed by atoms with Gasteiger partial charge in [0.1, 0.15) is 5.52 Å². The van der Waals surface area contributed by atoms with Gasteiger partial charge in [0.15, 0.2) is 5.58 Å². The normalized spacial score (nSPS) is 20.1. The van der Waals surface area contributed by atoms with Crippen LogP contribution in [0, 0.1) is 0 Å². The Labute approximate surface area is 138 Å².